The molecule has 154 valence electrons. The molecule has 0 atom stereocenters. The summed E-state index contributed by atoms with van der Waals surface area (Å²) in [6.45, 7) is 2.01. The lowest BCUT2D eigenvalue weighted by molar-refractivity contribution is -0.138. The molecule has 6 nitrogen and oxygen atoms in total. The van der Waals surface area contributed by atoms with E-state index in [1.165, 1.54) is 11.3 Å². The topological polar surface area (TPSA) is 64.0 Å². The number of alkyl halides is 3. The van der Waals surface area contributed by atoms with Crippen LogP contribution in [-0.4, -0.2) is 39.6 Å². The highest BCUT2D eigenvalue weighted by Gasteiger charge is 2.32. The first kappa shape index (κ1) is 20.3. The first-order valence-electron chi connectivity index (χ1n) is 9.08. The van der Waals surface area contributed by atoms with E-state index in [-0.39, 0.29) is 0 Å². The highest BCUT2D eigenvalue weighted by Crippen LogP contribution is 2.30. The summed E-state index contributed by atoms with van der Waals surface area (Å²) in [6.07, 6.45) is 0.00160. The maximum Gasteiger partial charge on any atom is 0.419 e. The lowest BCUT2D eigenvalue weighted by atomic mass is 9.94. The molecule has 0 unspecified atom stereocenters. The van der Waals surface area contributed by atoms with Gasteiger partial charge in [-0.05, 0) is 53.2 Å². The SMILES string of the molecule is FC(F)(F)c1cnc(N2CCC(CCOc3nc4ccc(Br)nc4s3)CC2)nc1. The molecule has 1 aliphatic rings. The molecule has 29 heavy (non-hydrogen) atoms. The number of thiazole rings is 1. The van der Waals surface area contributed by atoms with Gasteiger partial charge in [-0.15, -0.1) is 0 Å². The highest BCUT2D eigenvalue weighted by molar-refractivity contribution is 9.10. The second-order valence-electron chi connectivity index (χ2n) is 6.78. The average molecular weight is 488 g/mol. The molecule has 0 bridgehead atoms. The van der Waals surface area contributed by atoms with Gasteiger partial charge in [0, 0.05) is 25.5 Å². The molecule has 4 heterocycles. The zero-order chi connectivity index (χ0) is 20.4. The van der Waals surface area contributed by atoms with E-state index in [1.54, 1.807) is 0 Å². The number of aromatic nitrogens is 4. The summed E-state index contributed by atoms with van der Waals surface area (Å²) in [4.78, 5) is 19.3. The van der Waals surface area contributed by atoms with Crippen molar-refractivity contribution in [1.29, 1.82) is 0 Å². The van der Waals surface area contributed by atoms with Crippen molar-refractivity contribution in [3.63, 3.8) is 0 Å². The fourth-order valence-corrected chi connectivity index (χ4v) is 4.44. The van der Waals surface area contributed by atoms with Crippen molar-refractivity contribution in [3.05, 3.63) is 34.7 Å². The van der Waals surface area contributed by atoms with Crippen molar-refractivity contribution >= 4 is 43.6 Å². The fraction of sp³-hybridized carbons (Fsp3) is 0.444. The van der Waals surface area contributed by atoms with Crippen LogP contribution in [-0.2, 0) is 6.18 Å². The second kappa shape index (κ2) is 8.39. The number of piperidine rings is 1. The Morgan fingerprint density at radius 2 is 1.86 bits per heavy atom. The van der Waals surface area contributed by atoms with Crippen LogP contribution in [0.15, 0.2) is 29.1 Å². The number of halogens is 4. The second-order valence-corrected chi connectivity index (χ2v) is 8.53. The molecule has 11 heteroatoms. The van der Waals surface area contributed by atoms with Crippen LogP contribution in [0, 0.1) is 5.92 Å². The molecule has 0 spiro atoms. The molecular weight excluding hydrogens is 471 g/mol. The third-order valence-electron chi connectivity index (χ3n) is 4.82. The number of pyridine rings is 1. The minimum atomic E-state index is -4.42. The number of hydrogen-bond acceptors (Lipinski definition) is 7. The van der Waals surface area contributed by atoms with Gasteiger partial charge < -0.3 is 9.64 Å². The van der Waals surface area contributed by atoms with Gasteiger partial charge in [-0.3, -0.25) is 0 Å². The molecule has 0 saturated carbocycles. The maximum atomic E-state index is 12.6. The maximum absolute atomic E-state index is 12.6. The minimum absolute atomic E-state index is 0.348. The van der Waals surface area contributed by atoms with Crippen LogP contribution < -0.4 is 9.64 Å². The Labute approximate surface area is 177 Å². The van der Waals surface area contributed by atoms with Gasteiger partial charge in [0.05, 0.1) is 12.2 Å². The van der Waals surface area contributed by atoms with Crippen molar-refractivity contribution in [2.75, 3.05) is 24.6 Å². The molecule has 0 aromatic carbocycles. The zero-order valence-corrected chi connectivity index (χ0v) is 17.6. The molecular formula is C18H17BrF3N5OS. The molecule has 0 aliphatic carbocycles. The summed E-state index contributed by atoms with van der Waals surface area (Å²) in [6, 6.07) is 3.74. The van der Waals surface area contributed by atoms with Gasteiger partial charge in [0.2, 0.25) is 5.95 Å². The average Bonchev–Trinajstić information content (AvgIpc) is 3.10. The van der Waals surface area contributed by atoms with Crippen molar-refractivity contribution < 1.29 is 17.9 Å². The van der Waals surface area contributed by atoms with Gasteiger partial charge in [-0.1, -0.05) is 11.3 Å². The molecule has 1 fully saturated rings. The van der Waals surface area contributed by atoms with E-state index in [4.69, 9.17) is 4.74 Å². The van der Waals surface area contributed by atoms with Crippen LogP contribution in [0.25, 0.3) is 10.3 Å². The first-order chi connectivity index (χ1) is 13.9. The van der Waals surface area contributed by atoms with E-state index in [1.807, 2.05) is 17.0 Å². The smallest absolute Gasteiger partial charge is 0.419 e. The van der Waals surface area contributed by atoms with Crippen molar-refractivity contribution in [2.24, 2.45) is 5.92 Å². The minimum Gasteiger partial charge on any atom is -0.470 e. The number of nitrogens with zero attached hydrogens (tertiary/aromatic N) is 5. The van der Waals surface area contributed by atoms with Crippen molar-refractivity contribution in [1.82, 2.24) is 19.9 Å². The number of ether oxygens (including phenoxy) is 1. The predicted octanol–water partition coefficient (Wildman–Crippen LogP) is 4.95. The number of anilines is 1. The monoisotopic (exact) mass is 487 g/mol. The van der Waals surface area contributed by atoms with E-state index >= 15 is 0 Å². The van der Waals surface area contributed by atoms with Crippen LogP contribution in [0.2, 0.25) is 0 Å². The van der Waals surface area contributed by atoms with Gasteiger partial charge in [0.1, 0.15) is 15.0 Å². The third kappa shape index (κ3) is 4.95. The standard InChI is InChI=1S/C18H17BrF3N5OS/c19-14-2-1-13-15(26-14)29-17(25-13)28-8-5-11-3-6-27(7-4-11)16-23-9-12(10-24-16)18(20,21)22/h1-2,9-11H,3-8H2. The molecule has 4 rings (SSSR count). The fourth-order valence-electron chi connectivity index (χ4n) is 3.20. The molecule has 0 N–H and O–H groups in total. The highest BCUT2D eigenvalue weighted by atomic mass is 79.9. The summed E-state index contributed by atoms with van der Waals surface area (Å²) in [5.74, 6) is 0.836. The van der Waals surface area contributed by atoms with Gasteiger partial charge in [0.25, 0.3) is 5.19 Å². The number of rotatable bonds is 5. The zero-order valence-electron chi connectivity index (χ0n) is 15.2. The van der Waals surface area contributed by atoms with Gasteiger partial charge in [-0.2, -0.15) is 13.2 Å². The van der Waals surface area contributed by atoms with E-state index < -0.39 is 11.7 Å². The van der Waals surface area contributed by atoms with Crippen LogP contribution in [0.1, 0.15) is 24.8 Å². The largest absolute Gasteiger partial charge is 0.470 e. The molecule has 1 saturated heterocycles. The van der Waals surface area contributed by atoms with E-state index in [0.717, 1.165) is 59.7 Å². The van der Waals surface area contributed by atoms with Crippen LogP contribution in [0.5, 0.6) is 5.19 Å². The normalized spacial score (nSPS) is 15.8. The van der Waals surface area contributed by atoms with E-state index in [2.05, 4.69) is 35.9 Å². The molecule has 3 aromatic heterocycles. The Bertz CT molecular complexity index is 974. The Balaban J connectivity index is 1.24. The summed E-state index contributed by atoms with van der Waals surface area (Å²) in [5, 5.41) is 0.612. The molecule has 0 radical (unpaired) electrons. The predicted molar refractivity (Wildman–Crippen MR) is 107 cm³/mol. The van der Waals surface area contributed by atoms with Gasteiger partial charge in [-0.25, -0.2) is 19.9 Å². The molecule has 3 aromatic rings. The van der Waals surface area contributed by atoms with Crippen molar-refractivity contribution in [3.8, 4) is 5.19 Å². The molecule has 1 aliphatic heterocycles. The van der Waals surface area contributed by atoms with Crippen LogP contribution in [0.4, 0.5) is 19.1 Å². The Morgan fingerprint density at radius 3 is 2.55 bits per heavy atom. The number of fused-ring (bicyclic) bond motifs is 1. The van der Waals surface area contributed by atoms with E-state index in [0.29, 0.717) is 23.7 Å². The first-order valence-corrected chi connectivity index (χ1v) is 10.7. The Morgan fingerprint density at radius 1 is 1.14 bits per heavy atom. The lowest BCUT2D eigenvalue weighted by Gasteiger charge is -2.31. The van der Waals surface area contributed by atoms with Gasteiger partial charge >= 0.3 is 6.18 Å². The molecule has 0 amide bonds. The Kier molecular flexibility index (Phi) is 5.86. The van der Waals surface area contributed by atoms with Crippen LogP contribution >= 0.6 is 27.3 Å². The number of hydrogen-bond donors (Lipinski definition) is 0. The summed E-state index contributed by atoms with van der Waals surface area (Å²) >= 11 is 4.76. The van der Waals surface area contributed by atoms with Crippen molar-refractivity contribution in [2.45, 2.75) is 25.4 Å². The quantitative estimate of drug-likeness (QED) is 0.474. The Hall–Kier alpha value is -2.01. The third-order valence-corrected chi connectivity index (χ3v) is 6.14. The van der Waals surface area contributed by atoms with Crippen LogP contribution in [0.3, 0.4) is 0 Å². The lowest BCUT2D eigenvalue weighted by Crippen LogP contribution is -2.35. The van der Waals surface area contributed by atoms with Gasteiger partial charge in [0.15, 0.2) is 0 Å². The van der Waals surface area contributed by atoms with E-state index in [9.17, 15) is 13.2 Å². The summed E-state index contributed by atoms with van der Waals surface area (Å²) in [5.41, 5.74) is -0.0104. The summed E-state index contributed by atoms with van der Waals surface area (Å²) < 4.78 is 44.4. The summed E-state index contributed by atoms with van der Waals surface area (Å²) in [7, 11) is 0.